The van der Waals surface area contributed by atoms with Crippen molar-refractivity contribution in [3.8, 4) is 11.3 Å². The van der Waals surface area contributed by atoms with Gasteiger partial charge >= 0.3 is 5.97 Å². The molecule has 2 heterocycles. The summed E-state index contributed by atoms with van der Waals surface area (Å²) in [6.07, 6.45) is 3.51. The Bertz CT molecular complexity index is 843. The number of nitrogens with zero attached hydrogens (tertiary/aromatic N) is 3. The normalized spacial score (nSPS) is 10.7. The predicted molar refractivity (Wildman–Crippen MR) is 90.7 cm³/mol. The number of rotatable bonds is 6. The molecule has 0 aliphatic carbocycles. The second-order valence-corrected chi connectivity index (χ2v) is 5.41. The van der Waals surface area contributed by atoms with E-state index >= 15 is 0 Å². The van der Waals surface area contributed by atoms with Gasteiger partial charge < -0.3 is 10.8 Å². The molecule has 24 heavy (non-hydrogen) atoms. The maximum atomic E-state index is 11.4. The summed E-state index contributed by atoms with van der Waals surface area (Å²) in [6.45, 7) is 1.03. The summed E-state index contributed by atoms with van der Waals surface area (Å²) in [5.41, 5.74) is 9.37. The summed E-state index contributed by atoms with van der Waals surface area (Å²) in [4.78, 5) is 15.4. The van der Waals surface area contributed by atoms with Crippen LogP contribution in [0.1, 0.15) is 21.6 Å². The molecular formula is C18H18N4O2. The molecule has 0 fully saturated rings. The molecule has 0 saturated carbocycles. The SMILES string of the molecule is NCCn1nc(-c2ccccc2)cc1Cc1cnccc1C(=O)O. The van der Waals surface area contributed by atoms with Crippen molar-refractivity contribution in [2.75, 3.05) is 6.54 Å². The summed E-state index contributed by atoms with van der Waals surface area (Å²) in [5.74, 6) is -0.958. The smallest absolute Gasteiger partial charge is 0.336 e. The zero-order valence-corrected chi connectivity index (χ0v) is 13.1. The summed E-state index contributed by atoms with van der Waals surface area (Å²) in [6, 6.07) is 13.3. The first-order valence-electron chi connectivity index (χ1n) is 7.67. The minimum Gasteiger partial charge on any atom is -0.478 e. The van der Waals surface area contributed by atoms with Gasteiger partial charge in [0.05, 0.1) is 17.8 Å². The van der Waals surface area contributed by atoms with Gasteiger partial charge in [-0.3, -0.25) is 9.67 Å². The van der Waals surface area contributed by atoms with Gasteiger partial charge in [0, 0.05) is 36.6 Å². The number of pyridine rings is 1. The highest BCUT2D eigenvalue weighted by Crippen LogP contribution is 2.21. The molecular weight excluding hydrogens is 304 g/mol. The summed E-state index contributed by atoms with van der Waals surface area (Å²) < 4.78 is 1.83. The lowest BCUT2D eigenvalue weighted by Crippen LogP contribution is -2.14. The fourth-order valence-corrected chi connectivity index (χ4v) is 2.64. The van der Waals surface area contributed by atoms with E-state index in [9.17, 15) is 9.90 Å². The van der Waals surface area contributed by atoms with Crippen LogP contribution in [0.2, 0.25) is 0 Å². The largest absolute Gasteiger partial charge is 0.478 e. The van der Waals surface area contributed by atoms with E-state index in [0.717, 1.165) is 17.0 Å². The second-order valence-electron chi connectivity index (χ2n) is 5.41. The van der Waals surface area contributed by atoms with Gasteiger partial charge in [0.2, 0.25) is 0 Å². The van der Waals surface area contributed by atoms with E-state index in [4.69, 9.17) is 5.73 Å². The molecule has 0 unspecified atom stereocenters. The Morgan fingerprint density at radius 3 is 2.71 bits per heavy atom. The zero-order chi connectivity index (χ0) is 16.9. The Morgan fingerprint density at radius 2 is 2.00 bits per heavy atom. The molecule has 6 nitrogen and oxygen atoms in total. The molecule has 3 N–H and O–H groups in total. The van der Waals surface area contributed by atoms with Crippen LogP contribution in [0.5, 0.6) is 0 Å². The first kappa shape index (κ1) is 15.9. The average Bonchev–Trinajstić information content (AvgIpc) is 2.99. The Balaban J connectivity index is 1.98. The highest BCUT2D eigenvalue weighted by Gasteiger charge is 2.14. The van der Waals surface area contributed by atoms with Crippen molar-refractivity contribution >= 4 is 5.97 Å². The lowest BCUT2D eigenvalue weighted by atomic mass is 10.0. The van der Waals surface area contributed by atoms with E-state index < -0.39 is 5.97 Å². The first-order valence-corrected chi connectivity index (χ1v) is 7.67. The van der Waals surface area contributed by atoms with Gasteiger partial charge in [-0.25, -0.2) is 4.79 Å². The molecule has 3 aromatic rings. The number of carboxylic acid groups (broad SMARTS) is 1. The van der Waals surface area contributed by atoms with Gasteiger partial charge in [-0.15, -0.1) is 0 Å². The number of aromatic carboxylic acids is 1. The minimum atomic E-state index is -0.958. The molecule has 0 saturated heterocycles. The van der Waals surface area contributed by atoms with Crippen molar-refractivity contribution in [3.63, 3.8) is 0 Å². The van der Waals surface area contributed by atoms with Crippen LogP contribution in [0.3, 0.4) is 0 Å². The number of hydrogen-bond donors (Lipinski definition) is 2. The molecule has 0 bridgehead atoms. The molecule has 0 aliphatic heterocycles. The lowest BCUT2D eigenvalue weighted by molar-refractivity contribution is 0.0695. The van der Waals surface area contributed by atoms with Gasteiger partial charge in [0.25, 0.3) is 0 Å². The molecule has 3 rings (SSSR count). The molecule has 0 amide bonds. The van der Waals surface area contributed by atoms with E-state index in [1.165, 1.54) is 12.3 Å². The number of aromatic nitrogens is 3. The van der Waals surface area contributed by atoms with Crippen molar-refractivity contribution in [3.05, 3.63) is 71.7 Å². The van der Waals surface area contributed by atoms with Crippen molar-refractivity contribution < 1.29 is 9.90 Å². The van der Waals surface area contributed by atoms with Crippen LogP contribution in [0, 0.1) is 0 Å². The molecule has 2 aromatic heterocycles. The van der Waals surface area contributed by atoms with E-state index in [-0.39, 0.29) is 5.56 Å². The maximum Gasteiger partial charge on any atom is 0.336 e. The van der Waals surface area contributed by atoms with E-state index in [0.29, 0.717) is 25.1 Å². The van der Waals surface area contributed by atoms with Gasteiger partial charge in [0.1, 0.15) is 0 Å². The predicted octanol–water partition coefficient (Wildman–Crippen LogP) is 2.19. The van der Waals surface area contributed by atoms with Crippen molar-refractivity contribution in [2.24, 2.45) is 5.73 Å². The van der Waals surface area contributed by atoms with Crippen LogP contribution >= 0.6 is 0 Å². The minimum absolute atomic E-state index is 0.256. The third kappa shape index (κ3) is 3.33. The van der Waals surface area contributed by atoms with E-state index in [1.54, 1.807) is 6.20 Å². The summed E-state index contributed by atoms with van der Waals surface area (Å²) >= 11 is 0. The third-order valence-electron chi connectivity index (χ3n) is 3.78. The van der Waals surface area contributed by atoms with Gasteiger partial charge in [0.15, 0.2) is 0 Å². The summed E-state index contributed by atoms with van der Waals surface area (Å²) in [5, 5.41) is 13.9. The molecule has 0 atom stereocenters. The molecule has 1 aromatic carbocycles. The van der Waals surface area contributed by atoms with E-state index in [1.807, 2.05) is 41.1 Å². The van der Waals surface area contributed by atoms with E-state index in [2.05, 4.69) is 10.1 Å². The van der Waals surface area contributed by atoms with Crippen LogP contribution < -0.4 is 5.73 Å². The number of benzene rings is 1. The lowest BCUT2D eigenvalue weighted by Gasteiger charge is -2.07. The highest BCUT2D eigenvalue weighted by atomic mass is 16.4. The number of carboxylic acids is 1. The molecule has 0 spiro atoms. The topological polar surface area (TPSA) is 94.0 Å². The molecule has 6 heteroatoms. The fraction of sp³-hybridized carbons (Fsp3) is 0.167. The third-order valence-corrected chi connectivity index (χ3v) is 3.78. The van der Waals surface area contributed by atoms with Gasteiger partial charge in [-0.2, -0.15) is 5.10 Å². The highest BCUT2D eigenvalue weighted by molar-refractivity contribution is 5.89. The monoisotopic (exact) mass is 322 g/mol. The van der Waals surface area contributed by atoms with Crippen LogP contribution in [0.15, 0.2) is 54.9 Å². The van der Waals surface area contributed by atoms with Gasteiger partial charge in [-0.05, 0) is 17.7 Å². The molecule has 122 valence electrons. The van der Waals surface area contributed by atoms with Crippen LogP contribution in [0.4, 0.5) is 0 Å². The fourth-order valence-electron chi connectivity index (χ4n) is 2.64. The quantitative estimate of drug-likeness (QED) is 0.725. The van der Waals surface area contributed by atoms with Crippen LogP contribution in [-0.2, 0) is 13.0 Å². The average molecular weight is 322 g/mol. The maximum absolute atomic E-state index is 11.4. The zero-order valence-electron chi connectivity index (χ0n) is 13.1. The number of carbonyl (C=O) groups is 1. The Hall–Kier alpha value is -2.99. The van der Waals surface area contributed by atoms with Crippen LogP contribution in [0.25, 0.3) is 11.3 Å². The number of nitrogens with two attached hydrogens (primary N) is 1. The second kappa shape index (κ2) is 7.06. The summed E-state index contributed by atoms with van der Waals surface area (Å²) in [7, 11) is 0. The Morgan fingerprint density at radius 1 is 1.21 bits per heavy atom. The first-order chi connectivity index (χ1) is 11.7. The molecule has 0 aliphatic rings. The standard InChI is InChI=1S/C18H18N4O2/c19-7-9-22-15(10-14-12-20-8-6-16(14)18(23)24)11-17(21-22)13-4-2-1-3-5-13/h1-6,8,11-12H,7,9-10,19H2,(H,23,24). The Kier molecular flexibility index (Phi) is 4.67. The van der Waals surface area contributed by atoms with Crippen molar-refractivity contribution in [1.29, 1.82) is 0 Å². The van der Waals surface area contributed by atoms with Crippen molar-refractivity contribution in [1.82, 2.24) is 14.8 Å². The van der Waals surface area contributed by atoms with Gasteiger partial charge in [-0.1, -0.05) is 30.3 Å². The van der Waals surface area contributed by atoms with Crippen LogP contribution in [-0.4, -0.2) is 32.4 Å². The molecule has 0 radical (unpaired) electrons. The van der Waals surface area contributed by atoms with Crippen molar-refractivity contribution in [2.45, 2.75) is 13.0 Å². The Labute approximate surface area is 139 Å². The number of hydrogen-bond acceptors (Lipinski definition) is 4.